The third-order valence-corrected chi connectivity index (χ3v) is 7.68. The highest BCUT2D eigenvalue weighted by Crippen LogP contribution is 2.51. The molecule has 0 radical (unpaired) electrons. The number of benzene rings is 2. The summed E-state index contributed by atoms with van der Waals surface area (Å²) >= 11 is 1.53. The van der Waals surface area contributed by atoms with Crippen molar-refractivity contribution < 1.29 is 19.0 Å². The summed E-state index contributed by atoms with van der Waals surface area (Å²) in [6, 6.07) is 14.0. The van der Waals surface area contributed by atoms with Gasteiger partial charge in [0.05, 0.1) is 18.6 Å². The van der Waals surface area contributed by atoms with Crippen molar-refractivity contribution in [3.8, 4) is 17.2 Å². The number of nitrogens with one attached hydrogen (secondary N) is 1. The van der Waals surface area contributed by atoms with Crippen molar-refractivity contribution in [1.29, 1.82) is 0 Å². The molecule has 178 valence electrons. The van der Waals surface area contributed by atoms with E-state index in [9.17, 15) is 4.79 Å². The van der Waals surface area contributed by atoms with Crippen LogP contribution in [0.2, 0.25) is 0 Å². The quantitative estimate of drug-likeness (QED) is 0.467. The summed E-state index contributed by atoms with van der Waals surface area (Å²) < 4.78 is 16.4. The van der Waals surface area contributed by atoms with E-state index in [-0.39, 0.29) is 18.7 Å². The van der Waals surface area contributed by atoms with E-state index in [0.29, 0.717) is 10.9 Å². The zero-order valence-corrected chi connectivity index (χ0v) is 20.5. The number of methoxy groups -OCH3 is 1. The number of rotatable bonds is 9. The second kappa shape index (κ2) is 9.27. The lowest BCUT2D eigenvalue weighted by Gasteiger charge is -2.29. The third kappa shape index (κ3) is 4.12. The SMILES string of the molecule is CCN(CC)C(c1cccc(OC)c1)c1cnc(NC(=O)C2(c3ccc4c(c3)OCO4)CC2)s1. The van der Waals surface area contributed by atoms with Gasteiger partial charge in [0.1, 0.15) is 5.75 Å². The highest BCUT2D eigenvalue weighted by Gasteiger charge is 2.52. The molecule has 1 atom stereocenters. The van der Waals surface area contributed by atoms with Gasteiger partial charge in [0.25, 0.3) is 0 Å². The molecule has 2 aromatic carbocycles. The second-order valence-corrected chi connectivity index (χ2v) is 9.63. The Balaban J connectivity index is 1.38. The van der Waals surface area contributed by atoms with E-state index in [1.807, 2.05) is 36.5 Å². The molecule has 1 aromatic heterocycles. The highest BCUT2D eigenvalue weighted by molar-refractivity contribution is 7.15. The average molecular weight is 480 g/mol. The van der Waals surface area contributed by atoms with Crippen LogP contribution >= 0.6 is 11.3 Å². The molecule has 2 aliphatic rings. The Morgan fingerprint density at radius 2 is 1.97 bits per heavy atom. The standard InChI is InChI=1S/C26H29N3O4S/c1-4-29(5-2)23(17-7-6-8-19(13-17)31-3)22-15-27-25(34-22)28-24(30)26(11-12-26)18-9-10-20-21(14-18)33-16-32-20/h6-10,13-15,23H,4-5,11-12,16H2,1-3H3,(H,27,28,30). The fraction of sp³-hybridized carbons (Fsp3) is 0.385. The number of aromatic nitrogens is 1. The maximum atomic E-state index is 13.3. The van der Waals surface area contributed by atoms with Gasteiger partial charge in [0, 0.05) is 11.1 Å². The number of hydrogen-bond acceptors (Lipinski definition) is 7. The molecule has 8 heteroatoms. The molecule has 0 bridgehead atoms. The van der Waals surface area contributed by atoms with Crippen molar-refractivity contribution in [1.82, 2.24) is 9.88 Å². The molecule has 7 nitrogen and oxygen atoms in total. The number of fused-ring (bicyclic) bond motifs is 1. The second-order valence-electron chi connectivity index (χ2n) is 8.57. The van der Waals surface area contributed by atoms with Crippen LogP contribution in [0.5, 0.6) is 17.2 Å². The Labute approximate surface area is 203 Å². The van der Waals surface area contributed by atoms with Crippen molar-refractivity contribution in [2.24, 2.45) is 0 Å². The fourth-order valence-corrected chi connectivity index (χ4v) is 5.58. The lowest BCUT2D eigenvalue weighted by atomic mass is 9.94. The van der Waals surface area contributed by atoms with E-state index in [0.717, 1.165) is 53.4 Å². The minimum absolute atomic E-state index is 0.0203. The minimum Gasteiger partial charge on any atom is -0.497 e. The Bertz CT molecular complexity index is 1190. The molecule has 1 saturated carbocycles. The number of carbonyl (C=O) groups is 1. The first-order chi connectivity index (χ1) is 16.6. The van der Waals surface area contributed by atoms with Crippen molar-refractivity contribution in [3.63, 3.8) is 0 Å². The lowest BCUT2D eigenvalue weighted by molar-refractivity contribution is -0.118. The summed E-state index contributed by atoms with van der Waals surface area (Å²) in [5, 5.41) is 3.71. The van der Waals surface area contributed by atoms with Crippen LogP contribution in [0.1, 0.15) is 48.7 Å². The van der Waals surface area contributed by atoms with E-state index < -0.39 is 5.41 Å². The molecule has 1 fully saturated rings. The van der Waals surface area contributed by atoms with Gasteiger partial charge in [0.2, 0.25) is 12.7 Å². The minimum atomic E-state index is -0.530. The molecular formula is C26H29N3O4S. The summed E-state index contributed by atoms with van der Waals surface area (Å²) in [7, 11) is 1.68. The van der Waals surface area contributed by atoms with E-state index in [1.54, 1.807) is 7.11 Å². The van der Waals surface area contributed by atoms with Crippen LogP contribution in [0.4, 0.5) is 5.13 Å². The summed E-state index contributed by atoms with van der Waals surface area (Å²) in [6.45, 7) is 6.32. The number of thiazole rings is 1. The highest BCUT2D eigenvalue weighted by atomic mass is 32.1. The van der Waals surface area contributed by atoms with Crippen LogP contribution in [-0.4, -0.2) is 42.8 Å². The largest absolute Gasteiger partial charge is 0.497 e. The first-order valence-corrected chi connectivity index (χ1v) is 12.4. The van der Waals surface area contributed by atoms with E-state index in [1.165, 1.54) is 11.3 Å². The molecule has 1 N–H and O–H groups in total. The van der Waals surface area contributed by atoms with Crippen LogP contribution in [0, 0.1) is 0 Å². The molecule has 0 saturated heterocycles. The molecule has 1 aliphatic carbocycles. The predicted molar refractivity (Wildman–Crippen MR) is 132 cm³/mol. The summed E-state index contributed by atoms with van der Waals surface area (Å²) in [4.78, 5) is 21.4. The maximum Gasteiger partial charge on any atom is 0.236 e. The molecule has 5 rings (SSSR count). The summed E-state index contributed by atoms with van der Waals surface area (Å²) in [5.41, 5.74) is 1.57. The number of amides is 1. The maximum absolute atomic E-state index is 13.3. The van der Waals surface area contributed by atoms with Crippen molar-refractivity contribution in [3.05, 3.63) is 64.7 Å². The summed E-state index contributed by atoms with van der Waals surface area (Å²) in [5.74, 6) is 2.23. The Kier molecular flexibility index (Phi) is 6.18. The van der Waals surface area contributed by atoms with E-state index in [2.05, 4.69) is 41.2 Å². The predicted octanol–water partition coefficient (Wildman–Crippen LogP) is 4.98. The zero-order chi connectivity index (χ0) is 23.7. The van der Waals surface area contributed by atoms with Gasteiger partial charge in [-0.25, -0.2) is 4.98 Å². The molecule has 1 unspecified atom stereocenters. The molecule has 34 heavy (non-hydrogen) atoms. The Morgan fingerprint density at radius 1 is 1.18 bits per heavy atom. The molecule has 1 amide bonds. The van der Waals surface area contributed by atoms with Gasteiger partial charge in [-0.3, -0.25) is 9.69 Å². The molecule has 3 aromatic rings. The van der Waals surface area contributed by atoms with Gasteiger partial charge in [-0.15, -0.1) is 0 Å². The fourth-order valence-electron chi connectivity index (χ4n) is 4.61. The first kappa shape index (κ1) is 22.7. The van der Waals surface area contributed by atoms with Gasteiger partial charge >= 0.3 is 0 Å². The monoisotopic (exact) mass is 479 g/mol. The van der Waals surface area contributed by atoms with Crippen molar-refractivity contribution >= 4 is 22.4 Å². The molecule has 2 heterocycles. The zero-order valence-electron chi connectivity index (χ0n) is 19.7. The number of carbonyl (C=O) groups excluding carboxylic acids is 1. The van der Waals surface area contributed by atoms with Gasteiger partial charge in [-0.1, -0.05) is 43.4 Å². The van der Waals surface area contributed by atoms with Crippen molar-refractivity contribution in [2.75, 3.05) is 32.3 Å². The Hall–Kier alpha value is -3.10. The topological polar surface area (TPSA) is 72.9 Å². The van der Waals surface area contributed by atoms with Gasteiger partial charge in [-0.2, -0.15) is 0 Å². The molecule has 1 aliphatic heterocycles. The normalized spacial score (nSPS) is 16.4. The molecule has 0 spiro atoms. The number of hydrogen-bond donors (Lipinski definition) is 1. The number of anilines is 1. The van der Waals surface area contributed by atoms with Gasteiger partial charge < -0.3 is 19.5 Å². The van der Waals surface area contributed by atoms with Crippen LogP contribution in [-0.2, 0) is 10.2 Å². The van der Waals surface area contributed by atoms with Gasteiger partial charge in [0.15, 0.2) is 16.6 Å². The number of nitrogens with zero attached hydrogens (tertiary/aromatic N) is 2. The number of ether oxygens (including phenoxy) is 3. The van der Waals surface area contributed by atoms with Gasteiger partial charge in [-0.05, 0) is 61.3 Å². The first-order valence-electron chi connectivity index (χ1n) is 11.6. The van der Waals surface area contributed by atoms with E-state index in [4.69, 9.17) is 14.2 Å². The van der Waals surface area contributed by atoms with Crippen LogP contribution < -0.4 is 19.5 Å². The lowest BCUT2D eigenvalue weighted by Crippen LogP contribution is -2.28. The summed E-state index contributed by atoms with van der Waals surface area (Å²) in [6.07, 6.45) is 3.49. The van der Waals surface area contributed by atoms with Crippen molar-refractivity contribution in [2.45, 2.75) is 38.1 Å². The smallest absolute Gasteiger partial charge is 0.236 e. The van der Waals surface area contributed by atoms with Crippen LogP contribution in [0.3, 0.4) is 0 Å². The third-order valence-electron chi connectivity index (χ3n) is 6.71. The molecular weight excluding hydrogens is 450 g/mol. The van der Waals surface area contributed by atoms with E-state index >= 15 is 0 Å². The average Bonchev–Trinajstić information content (AvgIpc) is 3.33. The van der Waals surface area contributed by atoms with Crippen LogP contribution in [0.15, 0.2) is 48.7 Å². The Morgan fingerprint density at radius 3 is 2.71 bits per heavy atom. The van der Waals surface area contributed by atoms with Crippen LogP contribution in [0.25, 0.3) is 0 Å².